The van der Waals surface area contributed by atoms with Gasteiger partial charge in [-0.3, -0.25) is 0 Å². The van der Waals surface area contributed by atoms with E-state index in [-0.39, 0.29) is 5.41 Å². The smallest absolute Gasteiger partial charge is 0.122 e. The van der Waals surface area contributed by atoms with E-state index in [1.54, 1.807) is 0 Å². The van der Waals surface area contributed by atoms with Gasteiger partial charge in [0.25, 0.3) is 0 Å². The van der Waals surface area contributed by atoms with E-state index in [4.69, 9.17) is 10.5 Å². The highest BCUT2D eigenvalue weighted by molar-refractivity contribution is 5.36. The van der Waals surface area contributed by atoms with E-state index in [0.717, 1.165) is 37.0 Å². The summed E-state index contributed by atoms with van der Waals surface area (Å²) in [5.41, 5.74) is 6.86. The second kappa shape index (κ2) is 5.58. The van der Waals surface area contributed by atoms with E-state index in [1.165, 1.54) is 0 Å². The minimum Gasteiger partial charge on any atom is -0.493 e. The molecule has 3 atom stereocenters. The highest BCUT2D eigenvalue weighted by Gasteiger charge is 2.44. The standard InChI is InChI=1S/C17H23NO2/c18-11-17(16(19)13-6-2-1-3-7-13)10-14-8-4-5-9-15(14)20-12-17/h1-2,4-5,8-9,13,16,19H,3,6-7,10-12,18H2. The van der Waals surface area contributed by atoms with Gasteiger partial charge in [-0.2, -0.15) is 0 Å². The van der Waals surface area contributed by atoms with Crippen LogP contribution < -0.4 is 10.5 Å². The number of hydrogen-bond acceptors (Lipinski definition) is 3. The Morgan fingerprint density at radius 3 is 2.95 bits per heavy atom. The Hall–Kier alpha value is -1.32. The lowest BCUT2D eigenvalue weighted by molar-refractivity contribution is -0.0505. The molecule has 108 valence electrons. The van der Waals surface area contributed by atoms with E-state index >= 15 is 0 Å². The number of nitrogens with two attached hydrogens (primary N) is 1. The van der Waals surface area contributed by atoms with Crippen molar-refractivity contribution in [3.05, 3.63) is 42.0 Å². The number of benzene rings is 1. The van der Waals surface area contributed by atoms with Crippen LogP contribution in [-0.2, 0) is 6.42 Å². The second-order valence-electron chi connectivity index (χ2n) is 6.13. The van der Waals surface area contributed by atoms with Gasteiger partial charge in [0, 0.05) is 12.0 Å². The predicted octanol–water partition coefficient (Wildman–Crippen LogP) is 2.28. The largest absolute Gasteiger partial charge is 0.493 e. The quantitative estimate of drug-likeness (QED) is 0.831. The fraction of sp³-hybridized carbons (Fsp3) is 0.529. The van der Waals surface area contributed by atoms with Gasteiger partial charge in [0.1, 0.15) is 5.75 Å². The van der Waals surface area contributed by atoms with Crippen molar-refractivity contribution in [2.45, 2.75) is 31.8 Å². The van der Waals surface area contributed by atoms with Gasteiger partial charge in [-0.15, -0.1) is 0 Å². The molecular weight excluding hydrogens is 250 g/mol. The lowest BCUT2D eigenvalue weighted by Crippen LogP contribution is -2.52. The van der Waals surface area contributed by atoms with Gasteiger partial charge in [0.2, 0.25) is 0 Å². The number of allylic oxidation sites excluding steroid dienone is 2. The van der Waals surface area contributed by atoms with Crippen LogP contribution in [0.2, 0.25) is 0 Å². The molecule has 3 unspecified atom stereocenters. The monoisotopic (exact) mass is 273 g/mol. The van der Waals surface area contributed by atoms with E-state index in [0.29, 0.717) is 19.1 Å². The van der Waals surface area contributed by atoms with Crippen LogP contribution in [0.3, 0.4) is 0 Å². The molecule has 1 aromatic carbocycles. The third-order valence-electron chi connectivity index (χ3n) is 4.82. The molecule has 0 bridgehead atoms. The van der Waals surface area contributed by atoms with Crippen LogP contribution in [0.25, 0.3) is 0 Å². The number of aliphatic hydroxyl groups excluding tert-OH is 1. The fourth-order valence-corrected chi connectivity index (χ4v) is 3.49. The van der Waals surface area contributed by atoms with Crippen LogP contribution in [0.1, 0.15) is 24.8 Å². The first-order valence-electron chi connectivity index (χ1n) is 7.49. The summed E-state index contributed by atoms with van der Waals surface area (Å²) in [6.45, 7) is 0.977. The van der Waals surface area contributed by atoms with Gasteiger partial charge in [0.15, 0.2) is 0 Å². The molecule has 3 nitrogen and oxygen atoms in total. The van der Waals surface area contributed by atoms with Crippen molar-refractivity contribution < 1.29 is 9.84 Å². The summed E-state index contributed by atoms with van der Waals surface area (Å²) >= 11 is 0. The summed E-state index contributed by atoms with van der Waals surface area (Å²) < 4.78 is 5.88. The highest BCUT2D eigenvalue weighted by Crippen LogP contribution is 2.40. The lowest BCUT2D eigenvalue weighted by Gasteiger charge is -2.44. The summed E-state index contributed by atoms with van der Waals surface area (Å²) in [6.07, 6.45) is 7.84. The first-order valence-corrected chi connectivity index (χ1v) is 7.49. The van der Waals surface area contributed by atoms with Gasteiger partial charge in [-0.05, 0) is 43.2 Å². The molecule has 3 heteroatoms. The molecule has 1 heterocycles. The molecule has 3 rings (SSSR count). The van der Waals surface area contributed by atoms with E-state index in [1.807, 2.05) is 18.2 Å². The van der Waals surface area contributed by atoms with Crippen molar-refractivity contribution in [3.63, 3.8) is 0 Å². The number of rotatable bonds is 3. The van der Waals surface area contributed by atoms with Crippen LogP contribution in [0.4, 0.5) is 0 Å². The van der Waals surface area contributed by atoms with Crippen LogP contribution in [0.15, 0.2) is 36.4 Å². The molecular formula is C17H23NO2. The van der Waals surface area contributed by atoms with E-state index in [9.17, 15) is 5.11 Å². The normalized spacial score (nSPS) is 30.4. The Morgan fingerprint density at radius 2 is 2.20 bits per heavy atom. The number of fused-ring (bicyclic) bond motifs is 1. The Morgan fingerprint density at radius 1 is 1.35 bits per heavy atom. The number of hydrogen-bond donors (Lipinski definition) is 2. The average Bonchev–Trinajstić information content (AvgIpc) is 2.54. The molecule has 0 spiro atoms. The van der Waals surface area contributed by atoms with Crippen molar-refractivity contribution in [1.82, 2.24) is 0 Å². The van der Waals surface area contributed by atoms with Gasteiger partial charge < -0.3 is 15.6 Å². The van der Waals surface area contributed by atoms with E-state index < -0.39 is 6.10 Å². The molecule has 0 aromatic heterocycles. The Kier molecular flexibility index (Phi) is 3.81. The van der Waals surface area contributed by atoms with Crippen LogP contribution in [0.5, 0.6) is 5.75 Å². The SMILES string of the molecule is NCC1(C(O)C2CC=CCC2)COc2ccccc2C1. The topological polar surface area (TPSA) is 55.5 Å². The van der Waals surface area contributed by atoms with Gasteiger partial charge in [-0.25, -0.2) is 0 Å². The summed E-state index contributed by atoms with van der Waals surface area (Å²) in [6, 6.07) is 8.07. The first kappa shape index (κ1) is 13.7. The summed E-state index contributed by atoms with van der Waals surface area (Å²) in [5.74, 6) is 1.24. The van der Waals surface area contributed by atoms with Crippen molar-refractivity contribution in [1.29, 1.82) is 0 Å². The maximum Gasteiger partial charge on any atom is 0.122 e. The van der Waals surface area contributed by atoms with Crippen LogP contribution >= 0.6 is 0 Å². The van der Waals surface area contributed by atoms with E-state index in [2.05, 4.69) is 18.2 Å². The molecule has 0 amide bonds. The summed E-state index contributed by atoms with van der Waals surface area (Å²) in [4.78, 5) is 0. The van der Waals surface area contributed by atoms with Crippen molar-refractivity contribution in [2.75, 3.05) is 13.2 Å². The third kappa shape index (κ3) is 2.36. The van der Waals surface area contributed by atoms with Crippen molar-refractivity contribution in [2.24, 2.45) is 17.1 Å². The number of aliphatic hydroxyl groups is 1. The summed E-state index contributed by atoms with van der Waals surface area (Å²) in [5, 5.41) is 10.9. The molecule has 3 N–H and O–H groups in total. The summed E-state index contributed by atoms with van der Waals surface area (Å²) in [7, 11) is 0. The zero-order valence-corrected chi connectivity index (χ0v) is 11.8. The zero-order chi connectivity index (χ0) is 14.0. The number of ether oxygens (including phenoxy) is 1. The molecule has 1 aliphatic heterocycles. The van der Waals surface area contributed by atoms with Gasteiger partial charge in [-0.1, -0.05) is 30.4 Å². The second-order valence-corrected chi connectivity index (χ2v) is 6.13. The fourth-order valence-electron chi connectivity index (χ4n) is 3.49. The zero-order valence-electron chi connectivity index (χ0n) is 11.8. The Balaban J connectivity index is 1.83. The minimum atomic E-state index is -0.397. The molecule has 0 saturated carbocycles. The maximum atomic E-state index is 10.9. The maximum absolute atomic E-state index is 10.9. The molecule has 0 radical (unpaired) electrons. The number of para-hydroxylation sites is 1. The van der Waals surface area contributed by atoms with Crippen LogP contribution in [-0.4, -0.2) is 24.4 Å². The molecule has 0 saturated heterocycles. The Bertz CT molecular complexity index is 500. The van der Waals surface area contributed by atoms with Gasteiger partial charge >= 0.3 is 0 Å². The van der Waals surface area contributed by atoms with Crippen molar-refractivity contribution >= 4 is 0 Å². The lowest BCUT2D eigenvalue weighted by atomic mass is 9.69. The van der Waals surface area contributed by atoms with Crippen molar-refractivity contribution in [3.8, 4) is 5.75 Å². The molecule has 20 heavy (non-hydrogen) atoms. The molecule has 1 aromatic rings. The van der Waals surface area contributed by atoms with Gasteiger partial charge in [0.05, 0.1) is 12.7 Å². The minimum absolute atomic E-state index is 0.303. The first-order chi connectivity index (χ1) is 9.75. The third-order valence-corrected chi connectivity index (χ3v) is 4.82. The average molecular weight is 273 g/mol. The molecule has 1 aliphatic carbocycles. The predicted molar refractivity (Wildman–Crippen MR) is 79.6 cm³/mol. The Labute approximate surface area is 120 Å². The molecule has 2 aliphatic rings. The molecule has 0 fully saturated rings. The highest BCUT2D eigenvalue weighted by atomic mass is 16.5. The van der Waals surface area contributed by atoms with Crippen LogP contribution in [0, 0.1) is 11.3 Å².